The van der Waals surface area contributed by atoms with Gasteiger partial charge in [0, 0.05) is 24.9 Å². The van der Waals surface area contributed by atoms with Gasteiger partial charge in [0.2, 0.25) is 0 Å². The molecule has 3 rings (SSSR count). The first-order chi connectivity index (χ1) is 8.78. The van der Waals surface area contributed by atoms with E-state index in [1.807, 2.05) is 30.3 Å². The van der Waals surface area contributed by atoms with Crippen LogP contribution in [0.3, 0.4) is 0 Å². The Morgan fingerprint density at radius 2 is 2.06 bits per heavy atom. The average molecular weight is 243 g/mol. The predicted octanol–water partition coefficient (Wildman–Crippen LogP) is 2.34. The van der Waals surface area contributed by atoms with E-state index in [-0.39, 0.29) is 11.7 Å². The number of carbonyl (C=O) groups is 1. The summed E-state index contributed by atoms with van der Waals surface area (Å²) in [6.07, 6.45) is 4.07. The van der Waals surface area contributed by atoms with E-state index in [4.69, 9.17) is 4.74 Å². The zero-order valence-electron chi connectivity index (χ0n) is 10.6. The zero-order valence-corrected chi connectivity index (χ0v) is 10.6. The Hall–Kier alpha value is -1.77. The molecule has 2 aliphatic heterocycles. The summed E-state index contributed by atoms with van der Waals surface area (Å²) < 4.78 is 5.15. The molecular weight excluding hydrogens is 226 g/mol. The molecule has 1 saturated heterocycles. The second kappa shape index (κ2) is 4.48. The van der Waals surface area contributed by atoms with Crippen LogP contribution in [0.2, 0.25) is 0 Å². The molecule has 3 heteroatoms. The van der Waals surface area contributed by atoms with Crippen molar-refractivity contribution in [1.82, 2.24) is 4.90 Å². The second-order valence-electron chi connectivity index (χ2n) is 4.91. The summed E-state index contributed by atoms with van der Waals surface area (Å²) in [5, 5.41) is 0. The minimum Gasteiger partial charge on any atom is -0.497 e. The molecule has 1 aromatic carbocycles. The predicted molar refractivity (Wildman–Crippen MR) is 69.6 cm³/mol. The molecule has 0 aliphatic carbocycles. The van der Waals surface area contributed by atoms with E-state index >= 15 is 0 Å². The van der Waals surface area contributed by atoms with Gasteiger partial charge in [-0.25, -0.2) is 0 Å². The Balaban J connectivity index is 1.86. The smallest absolute Gasteiger partial charge is 0.166 e. The fourth-order valence-electron chi connectivity index (χ4n) is 2.81. The number of allylic oxidation sites excluding steroid dienone is 2. The van der Waals surface area contributed by atoms with Crippen molar-refractivity contribution in [1.29, 1.82) is 0 Å². The quantitative estimate of drug-likeness (QED) is 0.798. The fourth-order valence-corrected chi connectivity index (χ4v) is 2.81. The lowest BCUT2D eigenvalue weighted by molar-refractivity contribution is -0.117. The normalized spacial score (nSPS) is 22.7. The van der Waals surface area contributed by atoms with Crippen molar-refractivity contribution in [2.45, 2.75) is 18.8 Å². The molecule has 1 atom stereocenters. The Labute approximate surface area is 107 Å². The first-order valence-electron chi connectivity index (χ1n) is 6.41. The zero-order chi connectivity index (χ0) is 12.5. The standard InChI is InChI=1S/C15H17NO2/c1-18-13-6-4-11(5-7-13)14-10-16-8-2-3-12(16)9-15(14)17/h4-7,9,14H,2-3,8,10H2,1H3. The molecule has 18 heavy (non-hydrogen) atoms. The van der Waals surface area contributed by atoms with Crippen LogP contribution in [0.5, 0.6) is 5.75 Å². The second-order valence-corrected chi connectivity index (χ2v) is 4.91. The van der Waals surface area contributed by atoms with Crippen LogP contribution in [0.25, 0.3) is 0 Å². The van der Waals surface area contributed by atoms with Crippen molar-refractivity contribution in [3.63, 3.8) is 0 Å². The Morgan fingerprint density at radius 1 is 1.28 bits per heavy atom. The van der Waals surface area contributed by atoms with Crippen LogP contribution in [0.15, 0.2) is 36.0 Å². The number of methoxy groups -OCH3 is 1. The van der Waals surface area contributed by atoms with E-state index in [0.717, 1.165) is 30.8 Å². The molecule has 1 unspecified atom stereocenters. The summed E-state index contributed by atoms with van der Waals surface area (Å²) >= 11 is 0. The SMILES string of the molecule is COc1ccc(C2CN3CCCC3=CC2=O)cc1. The summed E-state index contributed by atoms with van der Waals surface area (Å²) in [4.78, 5) is 14.5. The molecule has 2 heterocycles. The van der Waals surface area contributed by atoms with Crippen LogP contribution in [-0.2, 0) is 4.79 Å². The number of rotatable bonds is 2. The molecule has 0 radical (unpaired) electrons. The molecule has 0 N–H and O–H groups in total. The molecule has 94 valence electrons. The Morgan fingerprint density at radius 3 is 2.78 bits per heavy atom. The summed E-state index contributed by atoms with van der Waals surface area (Å²) in [5.41, 5.74) is 2.31. The van der Waals surface area contributed by atoms with Crippen LogP contribution in [0, 0.1) is 0 Å². The molecule has 0 spiro atoms. The third kappa shape index (κ3) is 1.90. The van der Waals surface area contributed by atoms with Gasteiger partial charge in [-0.3, -0.25) is 4.79 Å². The molecule has 0 bridgehead atoms. The van der Waals surface area contributed by atoms with Gasteiger partial charge in [-0.15, -0.1) is 0 Å². The lowest BCUT2D eigenvalue weighted by Crippen LogP contribution is -2.32. The lowest BCUT2D eigenvalue weighted by Gasteiger charge is -2.29. The number of ether oxygens (including phenoxy) is 1. The number of hydrogen-bond acceptors (Lipinski definition) is 3. The van der Waals surface area contributed by atoms with Gasteiger partial charge in [0.1, 0.15) is 5.75 Å². The monoisotopic (exact) mass is 243 g/mol. The molecule has 0 aromatic heterocycles. The molecule has 1 fully saturated rings. The number of nitrogens with zero attached hydrogens (tertiary/aromatic N) is 1. The Kier molecular flexibility index (Phi) is 2.82. The molecule has 0 amide bonds. The van der Waals surface area contributed by atoms with Crippen molar-refractivity contribution in [3.8, 4) is 5.75 Å². The third-order valence-electron chi connectivity index (χ3n) is 3.84. The maximum Gasteiger partial charge on any atom is 0.166 e. The van der Waals surface area contributed by atoms with Gasteiger partial charge in [0.25, 0.3) is 0 Å². The van der Waals surface area contributed by atoms with E-state index in [1.54, 1.807) is 7.11 Å². The molecule has 0 saturated carbocycles. The minimum atomic E-state index is -0.0160. The van der Waals surface area contributed by atoms with Gasteiger partial charge < -0.3 is 9.64 Å². The highest BCUT2D eigenvalue weighted by atomic mass is 16.5. The highest BCUT2D eigenvalue weighted by molar-refractivity contribution is 5.97. The number of ketones is 1. The topological polar surface area (TPSA) is 29.5 Å². The third-order valence-corrected chi connectivity index (χ3v) is 3.84. The Bertz CT molecular complexity index is 490. The first kappa shape index (κ1) is 11.3. The van der Waals surface area contributed by atoms with E-state index in [0.29, 0.717) is 0 Å². The van der Waals surface area contributed by atoms with Crippen molar-refractivity contribution >= 4 is 5.78 Å². The molecule has 3 nitrogen and oxygen atoms in total. The van der Waals surface area contributed by atoms with E-state index in [9.17, 15) is 4.79 Å². The van der Waals surface area contributed by atoms with Gasteiger partial charge in [-0.05, 0) is 30.5 Å². The molecular formula is C15H17NO2. The highest BCUT2D eigenvalue weighted by Gasteiger charge is 2.30. The summed E-state index contributed by atoms with van der Waals surface area (Å²) in [6.45, 7) is 1.92. The van der Waals surface area contributed by atoms with Gasteiger partial charge in [0.05, 0.1) is 13.0 Å². The lowest BCUT2D eigenvalue weighted by atomic mass is 9.91. The summed E-state index contributed by atoms with van der Waals surface area (Å²) in [6, 6.07) is 7.84. The van der Waals surface area contributed by atoms with Crippen LogP contribution in [0.4, 0.5) is 0 Å². The van der Waals surface area contributed by atoms with Gasteiger partial charge in [-0.1, -0.05) is 12.1 Å². The number of hydrogen-bond donors (Lipinski definition) is 0. The first-order valence-corrected chi connectivity index (χ1v) is 6.41. The van der Waals surface area contributed by atoms with E-state index in [1.165, 1.54) is 12.1 Å². The van der Waals surface area contributed by atoms with Crippen LogP contribution < -0.4 is 4.74 Å². The largest absolute Gasteiger partial charge is 0.497 e. The average Bonchev–Trinajstić information content (AvgIpc) is 2.85. The number of fused-ring (bicyclic) bond motifs is 1. The molecule has 2 aliphatic rings. The van der Waals surface area contributed by atoms with Crippen molar-refractivity contribution < 1.29 is 9.53 Å². The van der Waals surface area contributed by atoms with Gasteiger partial charge >= 0.3 is 0 Å². The maximum absolute atomic E-state index is 12.2. The van der Waals surface area contributed by atoms with E-state index < -0.39 is 0 Å². The van der Waals surface area contributed by atoms with Gasteiger partial charge in [-0.2, -0.15) is 0 Å². The number of carbonyl (C=O) groups excluding carboxylic acids is 1. The van der Waals surface area contributed by atoms with Crippen LogP contribution in [-0.4, -0.2) is 30.9 Å². The maximum atomic E-state index is 12.2. The van der Waals surface area contributed by atoms with Crippen molar-refractivity contribution in [3.05, 3.63) is 41.6 Å². The fraction of sp³-hybridized carbons (Fsp3) is 0.400. The van der Waals surface area contributed by atoms with Crippen LogP contribution >= 0.6 is 0 Å². The minimum absolute atomic E-state index is 0.0160. The number of benzene rings is 1. The highest BCUT2D eigenvalue weighted by Crippen LogP contribution is 2.32. The van der Waals surface area contributed by atoms with Crippen molar-refractivity contribution in [2.75, 3.05) is 20.2 Å². The van der Waals surface area contributed by atoms with Crippen molar-refractivity contribution in [2.24, 2.45) is 0 Å². The van der Waals surface area contributed by atoms with E-state index in [2.05, 4.69) is 4.90 Å². The summed E-state index contributed by atoms with van der Waals surface area (Å²) in [5.74, 6) is 1.06. The van der Waals surface area contributed by atoms with Gasteiger partial charge in [0.15, 0.2) is 5.78 Å². The molecule has 1 aromatic rings. The van der Waals surface area contributed by atoms with Crippen LogP contribution in [0.1, 0.15) is 24.3 Å². The summed E-state index contributed by atoms with van der Waals surface area (Å²) in [7, 11) is 1.65.